The second-order valence-electron chi connectivity index (χ2n) is 6.51. The fourth-order valence-corrected chi connectivity index (χ4v) is 2.98. The Morgan fingerprint density at radius 2 is 1.92 bits per heavy atom. The van der Waals surface area contributed by atoms with E-state index in [2.05, 4.69) is 23.0 Å². The van der Waals surface area contributed by atoms with E-state index in [4.69, 9.17) is 4.74 Å². The molecule has 1 amide bonds. The predicted molar refractivity (Wildman–Crippen MR) is 96.8 cm³/mol. The summed E-state index contributed by atoms with van der Waals surface area (Å²) in [6.45, 7) is 10.9. The molecular weight excluding hydrogens is 316 g/mol. The van der Waals surface area contributed by atoms with Crippen molar-refractivity contribution in [1.82, 2.24) is 19.6 Å². The van der Waals surface area contributed by atoms with Crippen LogP contribution in [0.2, 0.25) is 0 Å². The summed E-state index contributed by atoms with van der Waals surface area (Å²) in [5.74, 6) is 0.848. The van der Waals surface area contributed by atoms with Crippen molar-refractivity contribution in [3.8, 4) is 5.75 Å². The van der Waals surface area contributed by atoms with Gasteiger partial charge in [-0.25, -0.2) is 4.68 Å². The van der Waals surface area contributed by atoms with Gasteiger partial charge < -0.3 is 14.5 Å². The average Bonchev–Trinajstić information content (AvgIpc) is 3.11. The van der Waals surface area contributed by atoms with E-state index < -0.39 is 0 Å². The van der Waals surface area contributed by atoms with Crippen LogP contribution in [-0.2, 0) is 6.73 Å². The first-order valence-corrected chi connectivity index (χ1v) is 8.82. The molecule has 0 spiro atoms. The highest BCUT2D eigenvalue weighted by molar-refractivity contribution is 5.92. The number of carbonyl (C=O) groups excluding carboxylic acids is 1. The number of rotatable bonds is 5. The molecule has 6 heteroatoms. The van der Waals surface area contributed by atoms with E-state index >= 15 is 0 Å². The molecule has 0 saturated carbocycles. The van der Waals surface area contributed by atoms with Gasteiger partial charge >= 0.3 is 0 Å². The van der Waals surface area contributed by atoms with Crippen molar-refractivity contribution in [3.63, 3.8) is 0 Å². The first-order chi connectivity index (χ1) is 12.1. The fraction of sp³-hybridized carbons (Fsp3) is 0.474. The second-order valence-corrected chi connectivity index (χ2v) is 6.51. The van der Waals surface area contributed by atoms with Gasteiger partial charge in [-0.3, -0.25) is 4.79 Å². The normalized spacial score (nSPS) is 15.4. The Labute approximate surface area is 149 Å². The Morgan fingerprint density at radius 3 is 2.64 bits per heavy atom. The summed E-state index contributed by atoms with van der Waals surface area (Å²) in [4.78, 5) is 16.8. The summed E-state index contributed by atoms with van der Waals surface area (Å²) in [6, 6.07) is 7.88. The van der Waals surface area contributed by atoms with Gasteiger partial charge in [0, 0.05) is 32.4 Å². The Hall–Kier alpha value is -2.34. The average molecular weight is 342 g/mol. The van der Waals surface area contributed by atoms with Gasteiger partial charge in [-0.2, -0.15) is 5.10 Å². The zero-order valence-corrected chi connectivity index (χ0v) is 15.2. The summed E-state index contributed by atoms with van der Waals surface area (Å²) in [5.41, 5.74) is 2.72. The lowest BCUT2D eigenvalue weighted by atomic mass is 10.1. The third kappa shape index (κ3) is 4.20. The lowest BCUT2D eigenvalue weighted by Gasteiger charge is -2.33. The van der Waals surface area contributed by atoms with Gasteiger partial charge in [-0.1, -0.05) is 19.1 Å². The monoisotopic (exact) mass is 342 g/mol. The molecule has 2 heterocycles. The molecule has 0 unspecified atom stereocenters. The van der Waals surface area contributed by atoms with Crippen molar-refractivity contribution in [2.24, 2.45) is 0 Å². The molecule has 1 fully saturated rings. The molecule has 1 aliphatic rings. The van der Waals surface area contributed by atoms with Crippen molar-refractivity contribution in [2.45, 2.75) is 27.5 Å². The van der Waals surface area contributed by atoms with E-state index in [1.165, 1.54) is 0 Å². The van der Waals surface area contributed by atoms with Crippen molar-refractivity contribution in [3.05, 3.63) is 47.3 Å². The fourth-order valence-electron chi connectivity index (χ4n) is 2.98. The molecule has 25 heavy (non-hydrogen) atoms. The Balaban J connectivity index is 1.58. The molecule has 0 atom stereocenters. The molecule has 0 N–H and O–H groups in total. The third-order valence-corrected chi connectivity index (χ3v) is 4.66. The Kier molecular flexibility index (Phi) is 5.38. The molecule has 1 saturated heterocycles. The molecule has 0 bridgehead atoms. The van der Waals surface area contributed by atoms with Crippen LogP contribution in [0.15, 0.2) is 30.5 Å². The number of piperazine rings is 1. The molecule has 6 nitrogen and oxygen atoms in total. The van der Waals surface area contributed by atoms with E-state index in [9.17, 15) is 4.79 Å². The number of hydrogen-bond donors (Lipinski definition) is 0. The van der Waals surface area contributed by atoms with Gasteiger partial charge in [-0.05, 0) is 43.7 Å². The zero-order valence-electron chi connectivity index (χ0n) is 15.2. The Morgan fingerprint density at radius 1 is 1.16 bits per heavy atom. The van der Waals surface area contributed by atoms with Crippen molar-refractivity contribution in [1.29, 1.82) is 0 Å². The van der Waals surface area contributed by atoms with Crippen molar-refractivity contribution in [2.75, 3.05) is 32.7 Å². The minimum absolute atomic E-state index is 0.00115. The van der Waals surface area contributed by atoms with Gasteiger partial charge in [0.1, 0.15) is 5.75 Å². The minimum atomic E-state index is 0.00115. The molecule has 3 rings (SSSR count). The van der Waals surface area contributed by atoms with Crippen molar-refractivity contribution < 1.29 is 9.53 Å². The molecule has 0 aliphatic carbocycles. The zero-order chi connectivity index (χ0) is 17.8. The number of aromatic nitrogens is 2. The summed E-state index contributed by atoms with van der Waals surface area (Å²) in [5, 5.41) is 4.38. The maximum Gasteiger partial charge on any atom is 0.274 e. The van der Waals surface area contributed by atoms with Crippen LogP contribution in [0.4, 0.5) is 0 Å². The lowest BCUT2D eigenvalue weighted by Crippen LogP contribution is -2.48. The van der Waals surface area contributed by atoms with E-state index in [1.807, 2.05) is 30.9 Å². The number of benzene rings is 1. The topological polar surface area (TPSA) is 50.6 Å². The van der Waals surface area contributed by atoms with Crippen LogP contribution in [0.1, 0.15) is 28.5 Å². The molecule has 0 radical (unpaired) electrons. The highest BCUT2D eigenvalue weighted by Gasteiger charge is 2.22. The van der Waals surface area contributed by atoms with E-state index in [1.54, 1.807) is 16.9 Å². The van der Waals surface area contributed by atoms with Crippen LogP contribution < -0.4 is 4.74 Å². The molecule has 1 aliphatic heterocycles. The first-order valence-electron chi connectivity index (χ1n) is 8.82. The maximum atomic E-state index is 12.6. The van der Waals surface area contributed by atoms with Gasteiger partial charge in [0.2, 0.25) is 0 Å². The standard InChI is InChI=1S/C19H26N4O2/c1-4-21-9-11-22(12-10-21)19(24)17-7-8-23(20-17)14-25-18-13-15(2)5-6-16(18)3/h5-8,13H,4,9-12,14H2,1-3H3. The van der Waals surface area contributed by atoms with Gasteiger partial charge in [0.05, 0.1) is 0 Å². The van der Waals surface area contributed by atoms with Crippen LogP contribution in [-0.4, -0.2) is 58.2 Å². The third-order valence-electron chi connectivity index (χ3n) is 4.66. The number of amides is 1. The van der Waals surface area contributed by atoms with Crippen LogP contribution in [0, 0.1) is 13.8 Å². The van der Waals surface area contributed by atoms with Crippen LogP contribution >= 0.6 is 0 Å². The lowest BCUT2D eigenvalue weighted by molar-refractivity contribution is 0.0635. The number of carbonyl (C=O) groups is 1. The van der Waals surface area contributed by atoms with Crippen LogP contribution in [0.3, 0.4) is 0 Å². The number of aryl methyl sites for hydroxylation is 2. The first kappa shape index (κ1) is 17.5. The summed E-state index contributed by atoms with van der Waals surface area (Å²) in [7, 11) is 0. The molecule has 1 aromatic carbocycles. The minimum Gasteiger partial charge on any atom is -0.471 e. The van der Waals surface area contributed by atoms with E-state index in [-0.39, 0.29) is 5.91 Å². The van der Waals surface area contributed by atoms with Gasteiger partial charge in [0.15, 0.2) is 12.4 Å². The van der Waals surface area contributed by atoms with E-state index in [0.717, 1.165) is 49.6 Å². The second kappa shape index (κ2) is 7.70. The van der Waals surface area contributed by atoms with Crippen LogP contribution in [0.5, 0.6) is 5.75 Å². The number of likely N-dealkylation sites (N-methyl/N-ethyl adjacent to an activating group) is 1. The SMILES string of the molecule is CCN1CCN(C(=O)c2ccn(COc3cc(C)ccc3C)n2)CC1. The highest BCUT2D eigenvalue weighted by Crippen LogP contribution is 2.19. The number of nitrogens with zero attached hydrogens (tertiary/aromatic N) is 4. The summed E-state index contributed by atoms with van der Waals surface area (Å²) in [6.07, 6.45) is 1.79. The van der Waals surface area contributed by atoms with E-state index in [0.29, 0.717) is 12.4 Å². The Bertz CT molecular complexity index is 733. The molecule has 134 valence electrons. The van der Waals surface area contributed by atoms with Crippen LogP contribution in [0.25, 0.3) is 0 Å². The largest absolute Gasteiger partial charge is 0.471 e. The maximum absolute atomic E-state index is 12.6. The van der Waals surface area contributed by atoms with Crippen molar-refractivity contribution >= 4 is 5.91 Å². The predicted octanol–water partition coefficient (Wildman–Crippen LogP) is 2.31. The smallest absolute Gasteiger partial charge is 0.274 e. The summed E-state index contributed by atoms with van der Waals surface area (Å²) < 4.78 is 7.50. The molecule has 2 aromatic rings. The number of ether oxygens (including phenoxy) is 1. The molecular formula is C19H26N4O2. The van der Waals surface area contributed by atoms with Gasteiger partial charge in [-0.15, -0.1) is 0 Å². The summed E-state index contributed by atoms with van der Waals surface area (Å²) >= 11 is 0. The molecule has 1 aromatic heterocycles. The quantitative estimate of drug-likeness (QED) is 0.837. The van der Waals surface area contributed by atoms with Gasteiger partial charge in [0.25, 0.3) is 5.91 Å². The number of hydrogen-bond acceptors (Lipinski definition) is 4. The highest BCUT2D eigenvalue weighted by atomic mass is 16.5.